The van der Waals surface area contributed by atoms with E-state index in [1.807, 2.05) is 12.1 Å². The third-order valence-corrected chi connectivity index (χ3v) is 7.62. The Balaban J connectivity index is 1.93. The molecule has 0 amide bonds. The summed E-state index contributed by atoms with van der Waals surface area (Å²) in [4.78, 5) is 16.0. The normalized spacial score (nSPS) is 16.8. The van der Waals surface area contributed by atoms with Crippen LogP contribution in [-0.4, -0.2) is 24.9 Å². The molecule has 28 heavy (non-hydrogen) atoms. The lowest BCUT2D eigenvalue weighted by molar-refractivity contribution is 0.508. The van der Waals surface area contributed by atoms with Crippen molar-refractivity contribution in [2.45, 2.75) is 38.3 Å². The second-order valence-corrected chi connectivity index (χ2v) is 9.95. The number of thioether (sulfide) groups is 1. The highest BCUT2D eigenvalue weighted by molar-refractivity contribution is 7.99. The second-order valence-electron chi connectivity index (χ2n) is 7.20. The van der Waals surface area contributed by atoms with E-state index in [1.165, 1.54) is 16.9 Å². The molecule has 0 fully saturated rings. The number of halogens is 1. The van der Waals surface area contributed by atoms with Gasteiger partial charge in [0.25, 0.3) is 5.56 Å². The van der Waals surface area contributed by atoms with Crippen molar-refractivity contribution in [3.05, 3.63) is 50.1 Å². The van der Waals surface area contributed by atoms with Crippen LogP contribution in [0.2, 0.25) is 5.02 Å². The van der Waals surface area contributed by atoms with Crippen molar-refractivity contribution in [1.82, 2.24) is 19.2 Å². The van der Waals surface area contributed by atoms with Gasteiger partial charge in [0.2, 0.25) is 5.78 Å². The van der Waals surface area contributed by atoms with Gasteiger partial charge in [-0.2, -0.15) is 0 Å². The van der Waals surface area contributed by atoms with Gasteiger partial charge in [0.15, 0.2) is 5.16 Å². The topological polar surface area (TPSA) is 52.2 Å². The molecular weight excluding hydrogens is 412 g/mol. The fourth-order valence-electron chi connectivity index (χ4n) is 3.95. The maximum Gasteiger partial charge on any atom is 0.268 e. The van der Waals surface area contributed by atoms with Crippen LogP contribution in [-0.2, 0) is 12.8 Å². The van der Waals surface area contributed by atoms with Crippen LogP contribution in [0.15, 0.2) is 34.2 Å². The summed E-state index contributed by atoms with van der Waals surface area (Å²) in [6.45, 7) is 4.36. The van der Waals surface area contributed by atoms with Crippen LogP contribution in [0.4, 0.5) is 0 Å². The lowest BCUT2D eigenvalue weighted by atomic mass is 9.89. The van der Waals surface area contributed by atoms with Crippen molar-refractivity contribution in [1.29, 1.82) is 0 Å². The molecule has 0 unspecified atom stereocenters. The summed E-state index contributed by atoms with van der Waals surface area (Å²) in [6.07, 6.45) is 3.16. The Morgan fingerprint density at radius 2 is 2.07 bits per heavy atom. The van der Waals surface area contributed by atoms with Gasteiger partial charge in [-0.3, -0.25) is 4.79 Å². The van der Waals surface area contributed by atoms with Gasteiger partial charge in [0.1, 0.15) is 4.83 Å². The van der Waals surface area contributed by atoms with Crippen molar-refractivity contribution in [2.24, 2.45) is 5.92 Å². The molecule has 0 saturated carbocycles. The second kappa shape index (κ2) is 6.90. The van der Waals surface area contributed by atoms with Gasteiger partial charge >= 0.3 is 0 Å². The van der Waals surface area contributed by atoms with Crippen molar-refractivity contribution in [3.63, 3.8) is 0 Å². The first-order chi connectivity index (χ1) is 13.6. The minimum Gasteiger partial charge on any atom is -0.268 e. The molecule has 0 spiro atoms. The number of aryl methyl sites for hydroxylation is 1. The average Bonchev–Trinajstić information content (AvgIpc) is 3.25. The zero-order valence-electron chi connectivity index (χ0n) is 15.6. The maximum atomic E-state index is 13.7. The highest BCUT2D eigenvalue weighted by Gasteiger charge is 2.27. The summed E-state index contributed by atoms with van der Waals surface area (Å²) in [5, 5.41) is 11.1. The van der Waals surface area contributed by atoms with E-state index in [9.17, 15) is 4.79 Å². The summed E-state index contributed by atoms with van der Waals surface area (Å²) in [5.74, 6) is 2.04. The van der Waals surface area contributed by atoms with Crippen LogP contribution in [0.25, 0.3) is 21.7 Å². The Morgan fingerprint density at radius 1 is 1.29 bits per heavy atom. The van der Waals surface area contributed by atoms with Crippen molar-refractivity contribution in [2.75, 3.05) is 5.75 Å². The maximum absolute atomic E-state index is 13.7. The summed E-state index contributed by atoms with van der Waals surface area (Å²) in [7, 11) is 0. The van der Waals surface area contributed by atoms with Gasteiger partial charge in [-0.05, 0) is 60.8 Å². The molecule has 1 aliphatic rings. The number of hydrogen-bond acceptors (Lipinski definition) is 5. The third-order valence-electron chi connectivity index (χ3n) is 5.28. The number of fused-ring (bicyclic) bond motifs is 5. The zero-order valence-corrected chi connectivity index (χ0v) is 18.0. The number of aromatic nitrogens is 4. The number of nitrogens with zero attached hydrogens (tertiary/aromatic N) is 4. The minimum atomic E-state index is -0.0168. The molecule has 144 valence electrons. The van der Waals surface area contributed by atoms with E-state index in [4.69, 9.17) is 11.6 Å². The molecule has 0 bridgehead atoms. The molecule has 0 N–H and O–H groups in total. The lowest BCUT2D eigenvalue weighted by Crippen LogP contribution is -2.22. The van der Waals surface area contributed by atoms with Gasteiger partial charge in [0.05, 0.1) is 11.1 Å². The molecule has 3 aromatic heterocycles. The third kappa shape index (κ3) is 2.71. The van der Waals surface area contributed by atoms with Crippen LogP contribution < -0.4 is 5.56 Å². The fourth-order valence-corrected chi connectivity index (χ4v) is 6.13. The number of rotatable bonds is 3. The highest BCUT2D eigenvalue weighted by atomic mass is 35.5. The van der Waals surface area contributed by atoms with Gasteiger partial charge < -0.3 is 0 Å². The Hall–Kier alpha value is -1.83. The molecule has 1 atom stereocenters. The summed E-state index contributed by atoms with van der Waals surface area (Å²) < 4.78 is 3.74. The first-order valence-electron chi connectivity index (χ1n) is 9.41. The quantitative estimate of drug-likeness (QED) is 0.430. The summed E-state index contributed by atoms with van der Waals surface area (Å²) in [5.41, 5.74) is 1.96. The Morgan fingerprint density at radius 3 is 2.82 bits per heavy atom. The standard InChI is InChI=1S/C20H19ClN4OS2/c1-3-27-20-23-22-19-24(13-7-5-12(21)6-8-13)17(26)16-14-10-11(2)4-9-15(14)28-18(16)25(19)20/h5-8,11H,3-4,9-10H2,1-2H3/t11-/m0/s1. The molecule has 1 aliphatic carbocycles. The average molecular weight is 431 g/mol. The van der Waals surface area contributed by atoms with Crippen LogP contribution in [0.5, 0.6) is 0 Å². The first-order valence-corrected chi connectivity index (χ1v) is 11.6. The van der Waals surface area contributed by atoms with E-state index in [0.717, 1.165) is 39.7 Å². The largest absolute Gasteiger partial charge is 0.268 e. The monoisotopic (exact) mass is 430 g/mol. The van der Waals surface area contributed by atoms with Crippen LogP contribution >= 0.6 is 34.7 Å². The van der Waals surface area contributed by atoms with Crippen molar-refractivity contribution >= 4 is 50.7 Å². The van der Waals surface area contributed by atoms with E-state index in [1.54, 1.807) is 39.8 Å². The molecular formula is C20H19ClN4OS2. The number of thiophene rings is 1. The molecule has 8 heteroatoms. The van der Waals surface area contributed by atoms with Crippen molar-refractivity contribution in [3.8, 4) is 5.69 Å². The van der Waals surface area contributed by atoms with E-state index in [2.05, 4.69) is 28.4 Å². The summed E-state index contributed by atoms with van der Waals surface area (Å²) in [6, 6.07) is 7.32. The van der Waals surface area contributed by atoms with Gasteiger partial charge in [-0.25, -0.2) is 8.97 Å². The summed E-state index contributed by atoms with van der Waals surface area (Å²) >= 11 is 9.44. The molecule has 0 radical (unpaired) electrons. The van der Waals surface area contributed by atoms with E-state index in [-0.39, 0.29) is 5.56 Å². The van der Waals surface area contributed by atoms with Gasteiger partial charge in [-0.1, -0.05) is 37.2 Å². The van der Waals surface area contributed by atoms with E-state index in [0.29, 0.717) is 16.7 Å². The predicted molar refractivity (Wildman–Crippen MR) is 117 cm³/mol. The Labute approximate surface area is 175 Å². The van der Waals surface area contributed by atoms with E-state index >= 15 is 0 Å². The predicted octanol–water partition coefficient (Wildman–Crippen LogP) is 4.99. The SMILES string of the molecule is CCSc1nnc2n(-c3ccc(Cl)cc3)c(=O)c3c4c(sc3n12)CC[C@H](C)C4. The molecule has 4 aromatic rings. The Bertz CT molecular complexity index is 1260. The highest BCUT2D eigenvalue weighted by Crippen LogP contribution is 2.38. The molecule has 5 rings (SSSR count). The molecule has 1 aromatic carbocycles. The van der Waals surface area contributed by atoms with Gasteiger partial charge in [0, 0.05) is 9.90 Å². The van der Waals surface area contributed by atoms with Crippen LogP contribution in [0.3, 0.4) is 0 Å². The molecule has 0 saturated heterocycles. The first kappa shape index (κ1) is 18.2. The number of benzene rings is 1. The molecule has 3 heterocycles. The van der Waals surface area contributed by atoms with Crippen LogP contribution in [0, 0.1) is 5.92 Å². The Kier molecular flexibility index (Phi) is 4.49. The molecule has 5 nitrogen and oxygen atoms in total. The lowest BCUT2D eigenvalue weighted by Gasteiger charge is -2.18. The smallest absolute Gasteiger partial charge is 0.268 e. The van der Waals surface area contributed by atoms with E-state index < -0.39 is 0 Å². The zero-order chi connectivity index (χ0) is 19.4. The van der Waals surface area contributed by atoms with Gasteiger partial charge in [-0.15, -0.1) is 21.5 Å². The van der Waals surface area contributed by atoms with Crippen LogP contribution in [0.1, 0.15) is 30.7 Å². The number of hydrogen-bond donors (Lipinski definition) is 0. The molecule has 0 aliphatic heterocycles. The minimum absolute atomic E-state index is 0.0168. The van der Waals surface area contributed by atoms with Crippen molar-refractivity contribution < 1.29 is 0 Å². The fraction of sp³-hybridized carbons (Fsp3) is 0.350.